The highest BCUT2D eigenvalue weighted by Gasteiger charge is 2.32. The van der Waals surface area contributed by atoms with Crippen molar-refractivity contribution in [2.45, 2.75) is 128 Å². The van der Waals surface area contributed by atoms with Crippen molar-refractivity contribution in [3.8, 4) is 0 Å². The molecule has 384 valence electrons. The number of unbranched alkanes of at least 4 members (excludes halogenated alkanes) is 1. The van der Waals surface area contributed by atoms with E-state index in [0.29, 0.717) is 24.1 Å². The van der Waals surface area contributed by atoms with E-state index in [4.69, 9.17) is 17.2 Å². The summed E-state index contributed by atoms with van der Waals surface area (Å²) in [4.78, 5) is 126. The zero-order valence-corrected chi connectivity index (χ0v) is 40.9. The minimum Gasteiger partial charge on any atom is -0.370 e. The number of nitrogens with zero attached hydrogens (tertiary/aromatic N) is 2. The van der Waals surface area contributed by atoms with E-state index in [9.17, 15) is 43.2 Å². The molecule has 0 bridgehead atoms. The molecule has 2 aromatic carbocycles. The second-order valence-electron chi connectivity index (χ2n) is 17.9. The minimum absolute atomic E-state index is 0.0156. The van der Waals surface area contributed by atoms with Crippen LogP contribution in [0.1, 0.15) is 83.0 Å². The fourth-order valence-corrected chi connectivity index (χ4v) is 7.60. The molecule has 14 N–H and O–H groups in total. The number of nitrogens with one attached hydrogen (secondary N) is 8. The zero-order valence-electron chi connectivity index (χ0n) is 40.9. The number of carbonyl (C=O) groups is 9. The highest BCUT2D eigenvalue weighted by molar-refractivity contribution is 5.96. The number of primary amides is 2. The summed E-state index contributed by atoms with van der Waals surface area (Å²) in [5, 5.41) is 19.6. The number of aryl methyl sites for hydroxylation is 1. The molecule has 0 aliphatic rings. The fraction of sp³-hybridized carbons (Fsp3) is 0.469. The van der Waals surface area contributed by atoms with Crippen molar-refractivity contribution in [2.24, 2.45) is 30.2 Å². The number of nitrogens with two attached hydrogens (primary N) is 3. The second kappa shape index (κ2) is 27.5. The van der Waals surface area contributed by atoms with Crippen LogP contribution >= 0.6 is 0 Å². The Bertz CT molecular complexity index is 2470. The number of hydrogen-bond acceptors (Lipinski definition) is 11. The average Bonchev–Trinajstić information content (AvgIpc) is 3.94. The van der Waals surface area contributed by atoms with Gasteiger partial charge in [-0.3, -0.25) is 43.2 Å². The summed E-state index contributed by atoms with van der Waals surface area (Å²) >= 11 is 0. The monoisotopic (exact) mass is 984 g/mol. The van der Waals surface area contributed by atoms with E-state index in [1.165, 1.54) is 19.4 Å². The lowest BCUT2D eigenvalue weighted by atomic mass is 10.0. The van der Waals surface area contributed by atoms with E-state index in [0.717, 1.165) is 22.9 Å². The van der Waals surface area contributed by atoms with Crippen molar-refractivity contribution in [2.75, 3.05) is 6.54 Å². The van der Waals surface area contributed by atoms with Gasteiger partial charge in [0.1, 0.15) is 36.3 Å². The van der Waals surface area contributed by atoms with Gasteiger partial charge >= 0.3 is 0 Å². The topological polar surface area (TPSA) is 350 Å². The Hall–Kier alpha value is -7.62. The molecule has 22 heteroatoms. The van der Waals surface area contributed by atoms with Gasteiger partial charge < -0.3 is 64.0 Å². The molecule has 9 amide bonds. The first kappa shape index (κ1) is 56.0. The van der Waals surface area contributed by atoms with Gasteiger partial charge in [-0.15, -0.1) is 0 Å². The number of aromatic amines is 1. The summed E-state index contributed by atoms with van der Waals surface area (Å²) in [6.45, 7) is 6.54. The maximum Gasteiger partial charge on any atom is 0.243 e. The third-order valence-corrected chi connectivity index (χ3v) is 11.8. The van der Waals surface area contributed by atoms with Gasteiger partial charge in [0, 0.05) is 74.7 Å². The van der Waals surface area contributed by atoms with E-state index in [2.05, 4.69) is 47.2 Å². The predicted molar refractivity (Wildman–Crippen MR) is 264 cm³/mol. The Morgan fingerprint density at radius 1 is 0.676 bits per heavy atom. The molecule has 4 rings (SSSR count). The van der Waals surface area contributed by atoms with Crippen molar-refractivity contribution < 1.29 is 43.2 Å². The first-order valence-electron chi connectivity index (χ1n) is 23.7. The maximum atomic E-state index is 14.1. The van der Waals surface area contributed by atoms with Gasteiger partial charge in [0.2, 0.25) is 53.2 Å². The molecule has 7 atom stereocenters. The number of imidazole rings is 1. The minimum atomic E-state index is -1.21. The van der Waals surface area contributed by atoms with Gasteiger partial charge in [0.25, 0.3) is 0 Å². The van der Waals surface area contributed by atoms with Crippen LogP contribution in [-0.2, 0) is 69.5 Å². The Kier molecular flexibility index (Phi) is 21.7. The molecule has 22 nitrogen and oxygen atoms in total. The first-order valence-corrected chi connectivity index (χ1v) is 23.7. The largest absolute Gasteiger partial charge is 0.370 e. The van der Waals surface area contributed by atoms with Gasteiger partial charge in [-0.25, -0.2) is 4.98 Å². The number of carbonyl (C=O) groups excluding carboxylic acids is 9. The molecule has 0 saturated carbocycles. The Morgan fingerprint density at radius 3 is 1.93 bits per heavy atom. The average molecular weight is 984 g/mol. The summed E-state index contributed by atoms with van der Waals surface area (Å²) < 4.78 is 1.67. The first-order chi connectivity index (χ1) is 33.8. The van der Waals surface area contributed by atoms with Crippen LogP contribution in [0.3, 0.4) is 0 Å². The van der Waals surface area contributed by atoms with E-state index < -0.39 is 101 Å². The quantitative estimate of drug-likeness (QED) is 0.0323. The van der Waals surface area contributed by atoms with Crippen LogP contribution in [0.25, 0.3) is 10.9 Å². The number of H-pyrrole nitrogens is 1. The summed E-state index contributed by atoms with van der Waals surface area (Å²) in [6, 6.07) is 8.34. The second-order valence-corrected chi connectivity index (χ2v) is 17.9. The third kappa shape index (κ3) is 17.7. The van der Waals surface area contributed by atoms with E-state index in [1.807, 2.05) is 31.2 Å². The smallest absolute Gasteiger partial charge is 0.243 e. The SMILES string of the molecule is CCCC[C@H](NC(=O)[C@H](Cc1ccccc1)NC(=O)[C@H](Cc1cncn1C)NC(=O)CCNC(=O)[C@@H](NC(=O)[C@H](C)NC(=O)[C@H](Cc1c[nH]c2ccccc12)NC(=O)[C@@H](N)CCC(N)=O)C(C)C)C(N)=O. The van der Waals surface area contributed by atoms with Crippen LogP contribution in [0.5, 0.6) is 0 Å². The van der Waals surface area contributed by atoms with E-state index in [1.54, 1.807) is 62.0 Å². The van der Waals surface area contributed by atoms with Crippen molar-refractivity contribution >= 4 is 64.1 Å². The molecule has 71 heavy (non-hydrogen) atoms. The number of para-hydroxylation sites is 1. The summed E-state index contributed by atoms with van der Waals surface area (Å²) in [5.74, 6) is -6.50. The number of amides is 9. The zero-order chi connectivity index (χ0) is 52.2. The van der Waals surface area contributed by atoms with Crippen molar-refractivity contribution in [1.29, 1.82) is 0 Å². The molecule has 4 aromatic rings. The molecule has 0 fully saturated rings. The lowest BCUT2D eigenvalue weighted by Crippen LogP contribution is -2.58. The molecule has 0 saturated heterocycles. The number of fused-ring (bicyclic) bond motifs is 1. The molecule has 0 radical (unpaired) electrons. The van der Waals surface area contributed by atoms with Crippen molar-refractivity contribution in [3.05, 3.63) is 90.1 Å². The van der Waals surface area contributed by atoms with Crippen LogP contribution in [0.15, 0.2) is 73.3 Å². The number of aromatic nitrogens is 3. The van der Waals surface area contributed by atoms with Crippen LogP contribution in [0.2, 0.25) is 0 Å². The fourth-order valence-electron chi connectivity index (χ4n) is 7.60. The molecular weight excluding hydrogens is 915 g/mol. The molecular formula is C49H69N13O9. The molecule has 2 heterocycles. The molecule has 0 aliphatic heterocycles. The van der Waals surface area contributed by atoms with Crippen LogP contribution in [-0.4, -0.2) is 117 Å². The number of hydrogen-bond donors (Lipinski definition) is 11. The van der Waals surface area contributed by atoms with E-state index in [-0.39, 0.29) is 45.1 Å². The summed E-state index contributed by atoms with van der Waals surface area (Å²) in [5.41, 5.74) is 19.7. The lowest BCUT2D eigenvalue weighted by molar-refractivity contribution is -0.134. The van der Waals surface area contributed by atoms with Crippen LogP contribution in [0.4, 0.5) is 0 Å². The molecule has 0 spiro atoms. The standard InChI is InChI=1S/C49H69N13O9/c1-6-7-16-36(43(52)65)58-47(69)37(22-30-13-9-8-10-14-30)60-48(70)39(24-32-26-53-27-62(32)5)57-41(64)20-21-54-49(71)42(28(2)3)61-44(66)29(4)56-46(68)38(59-45(67)34(50)18-19-40(51)63)23-31-25-55-35-17-12-11-15-33(31)35/h8-15,17,25-29,34,36-39,42,55H,6-7,16,18-24,50H2,1-5H3,(H2,51,63)(H2,52,65)(H,54,71)(H,56,68)(H,57,64)(H,58,69)(H,59,67)(H,60,70)(H,61,66)/t29-,34-,36-,37-,38-,39-,42-/m0/s1. The highest BCUT2D eigenvalue weighted by atomic mass is 16.2. The van der Waals surface area contributed by atoms with Gasteiger partial charge in [-0.2, -0.15) is 0 Å². The van der Waals surface area contributed by atoms with Gasteiger partial charge in [0.05, 0.1) is 12.4 Å². The van der Waals surface area contributed by atoms with Gasteiger partial charge in [0.15, 0.2) is 0 Å². The molecule has 0 unspecified atom stereocenters. The highest BCUT2D eigenvalue weighted by Crippen LogP contribution is 2.20. The van der Waals surface area contributed by atoms with E-state index >= 15 is 0 Å². The van der Waals surface area contributed by atoms with Crippen molar-refractivity contribution in [1.82, 2.24) is 51.8 Å². The Morgan fingerprint density at radius 2 is 1.30 bits per heavy atom. The Balaban J connectivity index is 1.40. The molecule has 2 aromatic heterocycles. The Labute approximate surface area is 412 Å². The number of benzene rings is 2. The van der Waals surface area contributed by atoms with Crippen LogP contribution < -0.4 is 54.4 Å². The summed E-state index contributed by atoms with van der Waals surface area (Å²) in [6.07, 6.45) is 6.07. The normalized spacial score (nSPS) is 14.1. The number of rotatable bonds is 29. The van der Waals surface area contributed by atoms with Crippen molar-refractivity contribution in [3.63, 3.8) is 0 Å². The lowest BCUT2D eigenvalue weighted by Gasteiger charge is -2.26. The maximum absolute atomic E-state index is 14.1. The third-order valence-electron chi connectivity index (χ3n) is 11.8. The predicted octanol–water partition coefficient (Wildman–Crippen LogP) is -0.711. The summed E-state index contributed by atoms with van der Waals surface area (Å²) in [7, 11) is 1.72. The van der Waals surface area contributed by atoms with Gasteiger partial charge in [-0.1, -0.05) is 82.1 Å². The van der Waals surface area contributed by atoms with Crippen LogP contribution in [0, 0.1) is 5.92 Å². The molecule has 0 aliphatic carbocycles. The van der Waals surface area contributed by atoms with Gasteiger partial charge in [-0.05, 0) is 42.9 Å².